The number of nitrogens with zero attached hydrogens (tertiary/aromatic N) is 6. The Morgan fingerprint density at radius 3 is 2.78 bits per heavy atom. The van der Waals surface area contributed by atoms with Crippen LogP contribution < -0.4 is 4.74 Å². The molecule has 0 saturated carbocycles. The van der Waals surface area contributed by atoms with E-state index in [0.29, 0.717) is 24.5 Å². The van der Waals surface area contributed by atoms with Crippen LogP contribution in [0.3, 0.4) is 0 Å². The van der Waals surface area contributed by atoms with Crippen LogP contribution in [0.25, 0.3) is 5.69 Å². The van der Waals surface area contributed by atoms with Crippen LogP contribution in [0.5, 0.6) is 5.75 Å². The minimum Gasteiger partial charge on any atom is -0.493 e. The maximum atomic E-state index is 13.2. The van der Waals surface area contributed by atoms with Gasteiger partial charge in [-0.25, -0.2) is 4.68 Å². The Hall–Kier alpha value is -3.16. The van der Waals surface area contributed by atoms with Gasteiger partial charge in [0, 0.05) is 26.1 Å². The number of aromatic nitrogens is 5. The van der Waals surface area contributed by atoms with Crippen LogP contribution in [0.2, 0.25) is 0 Å². The van der Waals surface area contributed by atoms with Gasteiger partial charge >= 0.3 is 0 Å². The van der Waals surface area contributed by atoms with Gasteiger partial charge in [-0.05, 0) is 25.0 Å². The SMILES string of the molecule is COc1cn(-c2ccccc2)nc1C(=O)N1CCCC(c2nncn2C)C1. The summed E-state index contributed by atoms with van der Waals surface area (Å²) < 4.78 is 9.02. The van der Waals surface area contributed by atoms with Crippen molar-refractivity contribution in [1.82, 2.24) is 29.4 Å². The summed E-state index contributed by atoms with van der Waals surface area (Å²) in [6.07, 6.45) is 5.35. The molecular formula is C19H22N6O2. The van der Waals surface area contributed by atoms with E-state index in [2.05, 4.69) is 15.3 Å². The molecular weight excluding hydrogens is 344 g/mol. The number of carbonyl (C=O) groups is 1. The summed E-state index contributed by atoms with van der Waals surface area (Å²) in [5.41, 5.74) is 1.21. The van der Waals surface area contributed by atoms with E-state index >= 15 is 0 Å². The fourth-order valence-corrected chi connectivity index (χ4v) is 3.55. The van der Waals surface area contributed by atoms with Gasteiger partial charge in [-0.1, -0.05) is 18.2 Å². The lowest BCUT2D eigenvalue weighted by atomic mass is 9.97. The lowest BCUT2D eigenvalue weighted by molar-refractivity contribution is 0.0693. The molecule has 0 spiro atoms. The molecule has 3 heterocycles. The minimum absolute atomic E-state index is 0.117. The Balaban J connectivity index is 1.59. The highest BCUT2D eigenvalue weighted by Gasteiger charge is 2.31. The molecule has 1 unspecified atom stereocenters. The first-order valence-electron chi connectivity index (χ1n) is 8.99. The molecule has 0 aliphatic carbocycles. The number of methoxy groups -OCH3 is 1. The Morgan fingerprint density at radius 2 is 2.07 bits per heavy atom. The van der Waals surface area contributed by atoms with E-state index in [1.54, 1.807) is 24.3 Å². The molecule has 8 nitrogen and oxygen atoms in total. The summed E-state index contributed by atoms with van der Waals surface area (Å²) >= 11 is 0. The van der Waals surface area contributed by atoms with Crippen molar-refractivity contribution < 1.29 is 9.53 Å². The molecule has 1 aromatic carbocycles. The van der Waals surface area contributed by atoms with Crippen molar-refractivity contribution >= 4 is 5.91 Å². The summed E-state index contributed by atoms with van der Waals surface area (Å²) in [6, 6.07) is 9.68. The molecule has 2 aromatic heterocycles. The zero-order valence-electron chi connectivity index (χ0n) is 15.4. The Morgan fingerprint density at radius 1 is 1.26 bits per heavy atom. The molecule has 1 aliphatic heterocycles. The smallest absolute Gasteiger partial charge is 0.278 e. The highest BCUT2D eigenvalue weighted by atomic mass is 16.5. The quantitative estimate of drug-likeness (QED) is 0.706. The number of carbonyl (C=O) groups excluding carboxylic acids is 1. The highest BCUT2D eigenvalue weighted by molar-refractivity contribution is 5.95. The zero-order valence-corrected chi connectivity index (χ0v) is 15.4. The van der Waals surface area contributed by atoms with Crippen molar-refractivity contribution in [3.05, 3.63) is 54.4 Å². The van der Waals surface area contributed by atoms with Crippen LogP contribution in [-0.4, -0.2) is 55.6 Å². The number of hydrogen-bond donors (Lipinski definition) is 0. The van der Waals surface area contributed by atoms with Crippen molar-refractivity contribution in [2.24, 2.45) is 7.05 Å². The summed E-state index contributed by atoms with van der Waals surface area (Å²) in [4.78, 5) is 15.0. The molecule has 0 bridgehead atoms. The number of piperidine rings is 1. The monoisotopic (exact) mass is 366 g/mol. The minimum atomic E-state index is -0.117. The van der Waals surface area contributed by atoms with E-state index in [9.17, 15) is 4.79 Å². The van der Waals surface area contributed by atoms with Crippen molar-refractivity contribution in [2.45, 2.75) is 18.8 Å². The van der Waals surface area contributed by atoms with E-state index < -0.39 is 0 Å². The number of hydrogen-bond acceptors (Lipinski definition) is 5. The zero-order chi connectivity index (χ0) is 18.8. The summed E-state index contributed by atoms with van der Waals surface area (Å²) in [5.74, 6) is 1.45. The molecule has 1 amide bonds. The normalized spacial score (nSPS) is 17.1. The van der Waals surface area contributed by atoms with Gasteiger partial charge in [0.15, 0.2) is 11.4 Å². The second kappa shape index (κ2) is 7.22. The summed E-state index contributed by atoms with van der Waals surface area (Å²) in [6.45, 7) is 1.31. The lowest BCUT2D eigenvalue weighted by Gasteiger charge is -2.31. The third kappa shape index (κ3) is 3.30. The second-order valence-corrected chi connectivity index (χ2v) is 6.72. The first-order valence-corrected chi connectivity index (χ1v) is 8.99. The van der Waals surface area contributed by atoms with E-state index in [0.717, 1.165) is 24.4 Å². The second-order valence-electron chi connectivity index (χ2n) is 6.72. The van der Waals surface area contributed by atoms with Gasteiger partial charge < -0.3 is 14.2 Å². The average Bonchev–Trinajstić information content (AvgIpc) is 3.34. The lowest BCUT2D eigenvalue weighted by Crippen LogP contribution is -2.40. The van der Waals surface area contributed by atoms with Crippen molar-refractivity contribution in [3.63, 3.8) is 0 Å². The first-order chi connectivity index (χ1) is 13.2. The molecule has 1 saturated heterocycles. The molecule has 3 aromatic rings. The largest absolute Gasteiger partial charge is 0.493 e. The van der Waals surface area contributed by atoms with Crippen molar-refractivity contribution in [1.29, 1.82) is 0 Å². The summed E-state index contributed by atoms with van der Waals surface area (Å²) in [5, 5.41) is 12.7. The third-order valence-corrected chi connectivity index (χ3v) is 4.94. The molecule has 1 atom stereocenters. The van der Waals surface area contributed by atoms with Gasteiger partial charge in [0.1, 0.15) is 12.2 Å². The molecule has 27 heavy (non-hydrogen) atoms. The maximum absolute atomic E-state index is 13.2. The fourth-order valence-electron chi connectivity index (χ4n) is 3.55. The van der Waals surface area contributed by atoms with Gasteiger partial charge in [0.05, 0.1) is 19.0 Å². The van der Waals surface area contributed by atoms with Crippen LogP contribution in [0.15, 0.2) is 42.9 Å². The number of ether oxygens (including phenoxy) is 1. The van der Waals surface area contributed by atoms with E-state index in [-0.39, 0.29) is 11.8 Å². The molecule has 1 fully saturated rings. The molecule has 0 radical (unpaired) electrons. The molecule has 1 aliphatic rings. The highest BCUT2D eigenvalue weighted by Crippen LogP contribution is 2.28. The van der Waals surface area contributed by atoms with Crippen LogP contribution in [0, 0.1) is 0 Å². The van der Waals surface area contributed by atoms with E-state index in [4.69, 9.17) is 4.74 Å². The van der Waals surface area contributed by atoms with Crippen LogP contribution >= 0.6 is 0 Å². The predicted molar refractivity (Wildman–Crippen MR) is 99.0 cm³/mol. The van der Waals surface area contributed by atoms with Gasteiger partial charge in [0.25, 0.3) is 5.91 Å². The van der Waals surface area contributed by atoms with E-state index in [1.165, 1.54) is 0 Å². The van der Waals surface area contributed by atoms with Crippen molar-refractivity contribution in [2.75, 3.05) is 20.2 Å². The summed E-state index contributed by atoms with van der Waals surface area (Å²) in [7, 11) is 3.49. The van der Waals surface area contributed by atoms with Crippen LogP contribution in [0.4, 0.5) is 0 Å². The number of amides is 1. The third-order valence-electron chi connectivity index (χ3n) is 4.94. The standard InChI is InChI=1S/C19H22N6O2/c1-23-13-20-21-18(23)14-7-6-10-24(11-14)19(26)17-16(27-2)12-25(22-17)15-8-4-3-5-9-15/h3-5,8-9,12-14H,6-7,10-11H2,1-2H3. The number of likely N-dealkylation sites (tertiary alicyclic amines) is 1. The number of para-hydroxylation sites is 1. The molecule has 8 heteroatoms. The van der Waals surface area contributed by atoms with Crippen LogP contribution in [-0.2, 0) is 7.05 Å². The Labute approximate surface area is 157 Å². The number of benzene rings is 1. The van der Waals surface area contributed by atoms with Gasteiger partial charge in [0.2, 0.25) is 0 Å². The maximum Gasteiger partial charge on any atom is 0.278 e. The topological polar surface area (TPSA) is 78.1 Å². The van der Waals surface area contributed by atoms with Crippen LogP contribution in [0.1, 0.15) is 35.1 Å². The molecule has 4 rings (SSSR count). The number of rotatable bonds is 4. The average molecular weight is 366 g/mol. The predicted octanol–water partition coefficient (Wildman–Crippen LogP) is 2.03. The molecule has 0 N–H and O–H groups in total. The first kappa shape index (κ1) is 17.3. The van der Waals surface area contributed by atoms with E-state index in [1.807, 2.05) is 46.8 Å². The Bertz CT molecular complexity index is 933. The fraction of sp³-hybridized carbons (Fsp3) is 0.368. The van der Waals surface area contributed by atoms with Gasteiger partial charge in [-0.2, -0.15) is 5.10 Å². The van der Waals surface area contributed by atoms with Gasteiger partial charge in [-0.3, -0.25) is 4.79 Å². The van der Waals surface area contributed by atoms with Gasteiger partial charge in [-0.15, -0.1) is 10.2 Å². The molecule has 140 valence electrons. The number of aryl methyl sites for hydroxylation is 1. The van der Waals surface area contributed by atoms with Crippen molar-refractivity contribution in [3.8, 4) is 11.4 Å². The Kier molecular flexibility index (Phi) is 4.62.